The third-order valence-corrected chi connectivity index (χ3v) is 6.35. The molecule has 0 saturated carbocycles. The molecule has 0 spiro atoms. The lowest BCUT2D eigenvalue weighted by atomic mass is 9.45. The molecule has 2 aliphatic rings. The van der Waals surface area contributed by atoms with Crippen LogP contribution in [0.1, 0.15) is 50.7 Å². The summed E-state index contributed by atoms with van der Waals surface area (Å²) in [5.74, 6) is 1.85. The van der Waals surface area contributed by atoms with Crippen LogP contribution in [-0.4, -0.2) is 22.5 Å². The number of pyridine rings is 1. The molecule has 2 aromatic carbocycles. The van der Waals surface area contributed by atoms with Crippen LogP contribution in [0.3, 0.4) is 0 Å². The van der Waals surface area contributed by atoms with Crippen molar-refractivity contribution in [3.63, 3.8) is 0 Å². The van der Waals surface area contributed by atoms with Gasteiger partial charge in [0.1, 0.15) is 5.84 Å². The van der Waals surface area contributed by atoms with E-state index >= 15 is 0 Å². The average Bonchev–Trinajstić information content (AvgIpc) is 2.82. The van der Waals surface area contributed by atoms with Gasteiger partial charge in [-0.2, -0.15) is 0 Å². The summed E-state index contributed by atoms with van der Waals surface area (Å²) >= 11 is 0. The number of hydrogen-bond donors (Lipinski definition) is 0. The highest BCUT2D eigenvalue weighted by molar-refractivity contribution is 6.87. The smallest absolute Gasteiger partial charge is 0.331 e. The fraction of sp³-hybridized carbons (Fsp3) is 0.214. The SMILES string of the molecule is CC(C)c1cccc(C(C)C)c1B1c2cc(-c3ccccn3)ccc2N=C2C=CC=CN12. The predicted molar refractivity (Wildman–Crippen MR) is 137 cm³/mol. The number of fused-ring (bicyclic) bond motifs is 2. The highest BCUT2D eigenvalue weighted by Crippen LogP contribution is 2.28. The van der Waals surface area contributed by atoms with Crippen LogP contribution in [0.5, 0.6) is 0 Å². The van der Waals surface area contributed by atoms with Crippen LogP contribution in [0, 0.1) is 0 Å². The second kappa shape index (κ2) is 8.27. The molecule has 3 aromatic rings. The van der Waals surface area contributed by atoms with Crippen molar-refractivity contribution in [3.05, 3.63) is 96.3 Å². The maximum absolute atomic E-state index is 5.01. The van der Waals surface area contributed by atoms with Crippen LogP contribution in [0.25, 0.3) is 11.3 Å². The molecule has 0 aliphatic carbocycles. The second-order valence-electron chi connectivity index (χ2n) is 9.13. The Morgan fingerprint density at radius 3 is 2.31 bits per heavy atom. The Labute approximate surface area is 191 Å². The summed E-state index contributed by atoms with van der Waals surface area (Å²) in [7, 11) is 0. The summed E-state index contributed by atoms with van der Waals surface area (Å²) < 4.78 is 0. The second-order valence-corrected chi connectivity index (χ2v) is 9.13. The van der Waals surface area contributed by atoms with Gasteiger partial charge in [-0.25, -0.2) is 4.99 Å². The summed E-state index contributed by atoms with van der Waals surface area (Å²) in [4.78, 5) is 11.9. The van der Waals surface area contributed by atoms with Crippen molar-refractivity contribution >= 4 is 29.3 Å². The van der Waals surface area contributed by atoms with Gasteiger partial charge in [-0.15, -0.1) is 0 Å². The molecule has 0 radical (unpaired) electrons. The number of aromatic nitrogens is 1. The molecule has 0 fully saturated rings. The van der Waals surface area contributed by atoms with E-state index in [9.17, 15) is 0 Å². The number of allylic oxidation sites excluding steroid dienone is 2. The van der Waals surface area contributed by atoms with Crippen LogP contribution in [0.4, 0.5) is 5.69 Å². The lowest BCUT2D eigenvalue weighted by Crippen LogP contribution is -2.60. The Hall–Kier alpha value is -3.40. The molecule has 32 heavy (non-hydrogen) atoms. The molecule has 3 nitrogen and oxygen atoms in total. The van der Waals surface area contributed by atoms with Gasteiger partial charge in [0, 0.05) is 6.20 Å². The Bertz CT molecular complexity index is 1210. The molecule has 1 aromatic heterocycles. The molecule has 0 amide bonds. The zero-order chi connectivity index (χ0) is 22.2. The Morgan fingerprint density at radius 1 is 0.844 bits per heavy atom. The van der Waals surface area contributed by atoms with Gasteiger partial charge < -0.3 is 4.81 Å². The van der Waals surface area contributed by atoms with Crippen LogP contribution in [0.15, 0.2) is 90.2 Å². The highest BCUT2D eigenvalue weighted by atomic mass is 15.1. The summed E-state index contributed by atoms with van der Waals surface area (Å²) in [5.41, 5.74) is 8.58. The maximum atomic E-state index is 5.01. The third kappa shape index (κ3) is 3.50. The molecular formula is C28H28BN3. The normalized spacial score (nSPS) is 14.6. The maximum Gasteiger partial charge on any atom is 0.331 e. The quantitative estimate of drug-likeness (QED) is 0.522. The Kier molecular flexibility index (Phi) is 5.30. The molecule has 0 bridgehead atoms. The molecule has 4 heteroatoms. The zero-order valence-electron chi connectivity index (χ0n) is 19.2. The first kappa shape index (κ1) is 20.5. The number of rotatable bonds is 4. The van der Waals surface area contributed by atoms with E-state index in [-0.39, 0.29) is 6.85 Å². The van der Waals surface area contributed by atoms with Gasteiger partial charge in [0.15, 0.2) is 0 Å². The van der Waals surface area contributed by atoms with E-state index in [4.69, 9.17) is 4.99 Å². The molecule has 0 saturated heterocycles. The lowest BCUT2D eigenvalue weighted by Gasteiger charge is -2.37. The van der Waals surface area contributed by atoms with Gasteiger partial charge in [0.25, 0.3) is 0 Å². The van der Waals surface area contributed by atoms with Crippen molar-refractivity contribution in [2.75, 3.05) is 0 Å². The molecule has 158 valence electrons. The first-order valence-electron chi connectivity index (χ1n) is 11.4. The molecule has 0 N–H and O–H groups in total. The van der Waals surface area contributed by atoms with E-state index in [2.05, 4.69) is 104 Å². The van der Waals surface area contributed by atoms with Crippen molar-refractivity contribution in [2.45, 2.75) is 39.5 Å². The fourth-order valence-corrected chi connectivity index (χ4v) is 4.82. The van der Waals surface area contributed by atoms with E-state index in [1.54, 1.807) is 0 Å². The van der Waals surface area contributed by atoms with Crippen molar-refractivity contribution in [1.29, 1.82) is 0 Å². The van der Waals surface area contributed by atoms with Crippen LogP contribution < -0.4 is 10.9 Å². The summed E-state index contributed by atoms with van der Waals surface area (Å²) in [6, 6.07) is 19.4. The third-order valence-electron chi connectivity index (χ3n) is 6.35. The van der Waals surface area contributed by atoms with Crippen molar-refractivity contribution in [3.8, 4) is 11.3 Å². The van der Waals surface area contributed by atoms with Crippen LogP contribution >= 0.6 is 0 Å². The van der Waals surface area contributed by atoms with Crippen LogP contribution in [0.2, 0.25) is 0 Å². The van der Waals surface area contributed by atoms with E-state index < -0.39 is 0 Å². The van der Waals surface area contributed by atoms with E-state index in [1.807, 2.05) is 18.3 Å². The molecular weight excluding hydrogens is 389 g/mol. The molecule has 0 atom stereocenters. The monoisotopic (exact) mass is 417 g/mol. The standard InChI is InChI=1S/C28H28BN3/c1-19(2)22-10-9-11-23(20(3)4)28(22)29-24-18-21(25-12-5-7-16-30-25)14-15-26(24)31-27-13-6-8-17-32(27)29/h5-20H,1-4H3. The summed E-state index contributed by atoms with van der Waals surface area (Å²) in [5, 5.41) is 0. The van der Waals surface area contributed by atoms with Crippen molar-refractivity contribution in [2.24, 2.45) is 4.99 Å². The summed E-state index contributed by atoms with van der Waals surface area (Å²) in [6.07, 6.45) is 10.3. The minimum Gasteiger partial charge on any atom is -0.368 e. The van der Waals surface area contributed by atoms with Gasteiger partial charge >= 0.3 is 6.85 Å². The summed E-state index contributed by atoms with van der Waals surface area (Å²) in [6.45, 7) is 9.23. The van der Waals surface area contributed by atoms with Crippen LogP contribution in [-0.2, 0) is 0 Å². The number of aliphatic imine (C=N–C) groups is 1. The topological polar surface area (TPSA) is 28.5 Å². The molecule has 5 rings (SSSR count). The van der Waals surface area contributed by atoms with Gasteiger partial charge in [0.05, 0.1) is 11.4 Å². The van der Waals surface area contributed by atoms with E-state index in [0.717, 1.165) is 22.8 Å². The number of nitrogens with zero attached hydrogens (tertiary/aromatic N) is 3. The fourth-order valence-electron chi connectivity index (χ4n) is 4.82. The first-order chi connectivity index (χ1) is 15.5. The Balaban J connectivity index is 1.79. The predicted octanol–water partition coefficient (Wildman–Crippen LogP) is 5.53. The zero-order valence-corrected chi connectivity index (χ0v) is 19.2. The number of benzene rings is 2. The van der Waals surface area contributed by atoms with Crippen molar-refractivity contribution < 1.29 is 0 Å². The number of hydrogen-bond acceptors (Lipinski definition) is 3. The number of amidine groups is 1. The molecule has 2 aliphatic heterocycles. The highest BCUT2D eigenvalue weighted by Gasteiger charge is 2.38. The van der Waals surface area contributed by atoms with Gasteiger partial charge in [-0.3, -0.25) is 4.98 Å². The van der Waals surface area contributed by atoms with Gasteiger partial charge in [-0.05, 0) is 76.0 Å². The van der Waals surface area contributed by atoms with Gasteiger partial charge in [0.2, 0.25) is 0 Å². The average molecular weight is 417 g/mol. The minimum atomic E-state index is 0.0679. The van der Waals surface area contributed by atoms with Gasteiger partial charge in [-0.1, -0.05) is 70.2 Å². The minimum absolute atomic E-state index is 0.0679. The Morgan fingerprint density at radius 2 is 1.62 bits per heavy atom. The first-order valence-corrected chi connectivity index (χ1v) is 11.4. The lowest BCUT2D eigenvalue weighted by molar-refractivity contribution is 0.827. The molecule has 3 heterocycles. The van der Waals surface area contributed by atoms with E-state index in [1.165, 1.54) is 22.1 Å². The van der Waals surface area contributed by atoms with Crippen molar-refractivity contribution in [1.82, 2.24) is 9.79 Å². The molecule has 0 unspecified atom stereocenters. The largest absolute Gasteiger partial charge is 0.368 e. The van der Waals surface area contributed by atoms with E-state index in [0.29, 0.717) is 11.8 Å².